The summed E-state index contributed by atoms with van der Waals surface area (Å²) in [6.45, 7) is 7.86. The van der Waals surface area contributed by atoms with Crippen LogP contribution in [-0.4, -0.2) is 42.1 Å². The van der Waals surface area contributed by atoms with Crippen molar-refractivity contribution in [1.82, 2.24) is 15.3 Å². The molecule has 1 amide bonds. The smallest absolute Gasteiger partial charge is 0.244 e. The molecule has 0 aliphatic carbocycles. The van der Waals surface area contributed by atoms with E-state index >= 15 is 0 Å². The summed E-state index contributed by atoms with van der Waals surface area (Å²) in [5.41, 5.74) is 2.02. The number of pyridine rings is 2. The number of rotatable bonds is 5. The van der Waals surface area contributed by atoms with E-state index in [-0.39, 0.29) is 5.91 Å². The van der Waals surface area contributed by atoms with Crippen molar-refractivity contribution in [2.24, 2.45) is 0 Å². The molecule has 1 aliphatic rings. The predicted molar refractivity (Wildman–Crippen MR) is 104 cm³/mol. The summed E-state index contributed by atoms with van der Waals surface area (Å²) in [5, 5.41) is 2.94. The highest BCUT2D eigenvalue weighted by Crippen LogP contribution is 2.20. The maximum atomic E-state index is 11.9. The van der Waals surface area contributed by atoms with E-state index in [9.17, 15) is 4.79 Å². The van der Waals surface area contributed by atoms with Gasteiger partial charge in [0.25, 0.3) is 0 Å². The minimum Gasteiger partial charge on any atom is -0.353 e. The Bertz CT molecular complexity index is 763. The summed E-state index contributed by atoms with van der Waals surface area (Å²) < 4.78 is 0. The summed E-state index contributed by atoms with van der Waals surface area (Å²) in [5.74, 6) is 1.90. The van der Waals surface area contributed by atoms with Gasteiger partial charge in [0.05, 0.1) is 0 Å². The number of allylic oxidation sites excluding steroid dienone is 1. The first kappa shape index (κ1) is 17.9. The van der Waals surface area contributed by atoms with Crippen molar-refractivity contribution in [3.05, 3.63) is 59.9 Å². The molecule has 0 spiro atoms. The van der Waals surface area contributed by atoms with Gasteiger partial charge in [-0.3, -0.25) is 4.79 Å². The number of carbonyl (C=O) groups is 1. The van der Waals surface area contributed by atoms with Crippen molar-refractivity contribution in [3.8, 4) is 0 Å². The zero-order chi connectivity index (χ0) is 18.4. The van der Waals surface area contributed by atoms with Crippen molar-refractivity contribution in [1.29, 1.82) is 0 Å². The number of hydrogen-bond donors (Lipinski definition) is 1. The summed E-state index contributed by atoms with van der Waals surface area (Å²) in [4.78, 5) is 25.4. The molecule has 0 unspecified atom stereocenters. The molecule has 3 heterocycles. The molecule has 0 saturated carbocycles. The first-order valence-corrected chi connectivity index (χ1v) is 8.91. The van der Waals surface area contributed by atoms with Gasteiger partial charge in [-0.25, -0.2) is 9.97 Å². The van der Waals surface area contributed by atoms with Gasteiger partial charge in [-0.05, 0) is 32.0 Å². The highest BCUT2D eigenvalue weighted by Gasteiger charge is 2.20. The van der Waals surface area contributed by atoms with Crippen molar-refractivity contribution < 1.29 is 4.79 Å². The lowest BCUT2D eigenvalue weighted by Crippen LogP contribution is -2.47. The average molecular weight is 351 g/mol. The number of hydrogen-bond acceptors (Lipinski definition) is 5. The minimum absolute atomic E-state index is 0.0697. The SMILES string of the molecule is CC(C)=CC(=O)NCc1cccnc1N1CCN(c2ccccn2)CC1. The van der Waals surface area contributed by atoms with Crippen LogP contribution in [0, 0.1) is 0 Å². The Labute approximate surface area is 154 Å². The third kappa shape index (κ3) is 4.59. The van der Waals surface area contributed by atoms with Gasteiger partial charge in [-0.2, -0.15) is 0 Å². The van der Waals surface area contributed by atoms with E-state index in [4.69, 9.17) is 0 Å². The Kier molecular flexibility index (Phi) is 5.84. The highest BCUT2D eigenvalue weighted by molar-refractivity contribution is 5.88. The Morgan fingerprint density at radius 3 is 2.46 bits per heavy atom. The molecular formula is C20H25N5O. The van der Waals surface area contributed by atoms with Crippen molar-refractivity contribution >= 4 is 17.5 Å². The normalized spacial score (nSPS) is 14.1. The van der Waals surface area contributed by atoms with Gasteiger partial charge in [0, 0.05) is 56.8 Å². The van der Waals surface area contributed by atoms with Crippen LogP contribution in [0.3, 0.4) is 0 Å². The molecule has 0 aromatic carbocycles. The molecule has 1 N–H and O–H groups in total. The van der Waals surface area contributed by atoms with Crippen LogP contribution in [0.1, 0.15) is 19.4 Å². The lowest BCUT2D eigenvalue weighted by atomic mass is 10.2. The van der Waals surface area contributed by atoms with E-state index in [1.807, 2.05) is 56.6 Å². The molecule has 3 rings (SSSR count). The maximum absolute atomic E-state index is 11.9. The molecule has 26 heavy (non-hydrogen) atoms. The summed E-state index contributed by atoms with van der Waals surface area (Å²) in [7, 11) is 0. The fourth-order valence-electron chi connectivity index (χ4n) is 3.04. The number of carbonyl (C=O) groups excluding carboxylic acids is 1. The number of anilines is 2. The lowest BCUT2D eigenvalue weighted by molar-refractivity contribution is -0.116. The van der Waals surface area contributed by atoms with Crippen LogP contribution in [0.5, 0.6) is 0 Å². The molecule has 1 saturated heterocycles. The molecule has 2 aromatic heterocycles. The van der Waals surface area contributed by atoms with Crippen LogP contribution >= 0.6 is 0 Å². The van der Waals surface area contributed by atoms with Gasteiger partial charge in [-0.1, -0.05) is 17.7 Å². The highest BCUT2D eigenvalue weighted by atomic mass is 16.1. The fraction of sp³-hybridized carbons (Fsp3) is 0.350. The van der Waals surface area contributed by atoms with Gasteiger partial charge in [0.2, 0.25) is 5.91 Å². The molecule has 1 fully saturated rings. The molecule has 0 radical (unpaired) electrons. The van der Waals surface area contributed by atoms with E-state index in [2.05, 4.69) is 25.1 Å². The predicted octanol–water partition coefficient (Wildman–Crippen LogP) is 2.39. The van der Waals surface area contributed by atoms with Gasteiger partial charge in [0.1, 0.15) is 11.6 Å². The lowest BCUT2D eigenvalue weighted by Gasteiger charge is -2.36. The monoisotopic (exact) mass is 351 g/mol. The number of aromatic nitrogens is 2. The summed E-state index contributed by atoms with van der Waals surface area (Å²) in [6.07, 6.45) is 5.25. The number of piperazine rings is 1. The van der Waals surface area contributed by atoms with Crippen LogP contribution < -0.4 is 15.1 Å². The summed E-state index contributed by atoms with van der Waals surface area (Å²) in [6, 6.07) is 9.93. The van der Waals surface area contributed by atoms with Crippen molar-refractivity contribution in [3.63, 3.8) is 0 Å². The molecule has 0 bridgehead atoms. The molecule has 0 atom stereocenters. The molecule has 136 valence electrons. The Balaban J connectivity index is 1.63. The topological polar surface area (TPSA) is 61.4 Å². The van der Waals surface area contributed by atoms with Crippen LogP contribution in [0.25, 0.3) is 0 Å². The first-order chi connectivity index (χ1) is 12.6. The van der Waals surface area contributed by atoms with Crippen molar-refractivity contribution in [2.45, 2.75) is 20.4 Å². The number of amides is 1. The fourth-order valence-corrected chi connectivity index (χ4v) is 3.04. The molecule has 1 aliphatic heterocycles. The second-order valence-corrected chi connectivity index (χ2v) is 6.59. The molecule has 6 heteroatoms. The zero-order valence-corrected chi connectivity index (χ0v) is 15.4. The summed E-state index contributed by atoms with van der Waals surface area (Å²) >= 11 is 0. The Morgan fingerprint density at radius 2 is 1.77 bits per heavy atom. The van der Waals surface area contributed by atoms with Crippen LogP contribution in [0.2, 0.25) is 0 Å². The van der Waals surface area contributed by atoms with E-state index in [0.29, 0.717) is 6.54 Å². The van der Waals surface area contributed by atoms with Gasteiger partial charge < -0.3 is 15.1 Å². The van der Waals surface area contributed by atoms with E-state index in [1.165, 1.54) is 0 Å². The van der Waals surface area contributed by atoms with Crippen LogP contribution in [0.4, 0.5) is 11.6 Å². The van der Waals surface area contributed by atoms with Gasteiger partial charge in [0.15, 0.2) is 0 Å². The molecule has 6 nitrogen and oxygen atoms in total. The second-order valence-electron chi connectivity index (χ2n) is 6.59. The Morgan fingerprint density at radius 1 is 1.04 bits per heavy atom. The van der Waals surface area contributed by atoms with Crippen LogP contribution in [-0.2, 0) is 11.3 Å². The quantitative estimate of drug-likeness (QED) is 0.838. The maximum Gasteiger partial charge on any atom is 0.244 e. The van der Waals surface area contributed by atoms with Crippen molar-refractivity contribution in [2.75, 3.05) is 36.0 Å². The molecule has 2 aromatic rings. The Hall–Kier alpha value is -2.89. The third-order valence-electron chi connectivity index (χ3n) is 4.29. The largest absolute Gasteiger partial charge is 0.353 e. The van der Waals surface area contributed by atoms with E-state index in [0.717, 1.165) is 49.0 Å². The van der Waals surface area contributed by atoms with Crippen LogP contribution in [0.15, 0.2) is 54.4 Å². The number of nitrogens with one attached hydrogen (secondary N) is 1. The average Bonchev–Trinajstić information content (AvgIpc) is 2.67. The van der Waals surface area contributed by atoms with E-state index < -0.39 is 0 Å². The number of nitrogens with zero attached hydrogens (tertiary/aromatic N) is 4. The van der Waals surface area contributed by atoms with Gasteiger partial charge >= 0.3 is 0 Å². The first-order valence-electron chi connectivity index (χ1n) is 8.91. The molecular weight excluding hydrogens is 326 g/mol. The zero-order valence-electron chi connectivity index (χ0n) is 15.4. The third-order valence-corrected chi connectivity index (χ3v) is 4.29. The van der Waals surface area contributed by atoms with Gasteiger partial charge in [-0.15, -0.1) is 0 Å². The minimum atomic E-state index is -0.0697. The standard InChI is InChI=1S/C20H25N5O/c1-16(2)14-19(26)23-15-17-6-5-9-22-20(17)25-12-10-24(11-13-25)18-7-3-4-8-21-18/h3-9,14H,10-13,15H2,1-2H3,(H,23,26). The van der Waals surface area contributed by atoms with E-state index in [1.54, 1.807) is 6.08 Å². The second kappa shape index (κ2) is 8.47.